The Morgan fingerprint density at radius 2 is 2.10 bits per heavy atom. The zero-order chi connectivity index (χ0) is 20.6. The van der Waals surface area contributed by atoms with Gasteiger partial charge in [0.25, 0.3) is 10.0 Å². The van der Waals surface area contributed by atoms with E-state index in [0.717, 1.165) is 25.5 Å². The Kier molecular flexibility index (Phi) is 5.57. The maximum Gasteiger partial charge on any atom is 0.256 e. The molecule has 1 aliphatic carbocycles. The van der Waals surface area contributed by atoms with Gasteiger partial charge < -0.3 is 14.4 Å². The second-order valence-electron chi connectivity index (χ2n) is 7.36. The zero-order valence-electron chi connectivity index (χ0n) is 16.0. The first-order chi connectivity index (χ1) is 13.9. The van der Waals surface area contributed by atoms with Crippen molar-refractivity contribution in [2.75, 3.05) is 26.0 Å². The normalized spacial score (nSPS) is 25.7. The molecule has 1 fully saturated rings. The molecule has 156 valence electrons. The molecule has 2 heterocycles. The number of benzene rings is 1. The van der Waals surface area contributed by atoms with Crippen molar-refractivity contribution in [1.82, 2.24) is 4.90 Å². The lowest BCUT2D eigenvalue weighted by molar-refractivity contribution is 0.302. The number of halogens is 2. The van der Waals surface area contributed by atoms with Crippen LogP contribution in [0.2, 0.25) is 5.02 Å². The summed E-state index contributed by atoms with van der Waals surface area (Å²) in [6.07, 6.45) is 8.26. The molecular weight excluding hydrogens is 419 g/mol. The largest absolute Gasteiger partial charge is 0.495 e. The van der Waals surface area contributed by atoms with Gasteiger partial charge in [-0.25, -0.2) is 12.8 Å². The summed E-state index contributed by atoms with van der Waals surface area (Å²) in [7, 11) is -1.92. The standard InChI is InChI=1S/C20H22ClFN2O4S/c1-27-18-12-19(17(22)11-16(18)21)28-14-6-4-13(5-7-14)15-3-2-8-24-9-10-29(25,26)23-20(15)24/h4,6-7,11-13,15H,2-3,5,8-10H2,1H3/t13?,15-/m0/s1. The van der Waals surface area contributed by atoms with Crippen LogP contribution in [0.5, 0.6) is 11.5 Å². The third-order valence-corrected chi connectivity index (χ3v) is 6.96. The fraction of sp³-hybridized carbons (Fsp3) is 0.450. The van der Waals surface area contributed by atoms with Gasteiger partial charge in [-0.2, -0.15) is 4.40 Å². The van der Waals surface area contributed by atoms with Crippen molar-refractivity contribution >= 4 is 27.5 Å². The van der Waals surface area contributed by atoms with E-state index >= 15 is 0 Å². The number of methoxy groups -OCH3 is 1. The molecule has 1 unspecified atom stereocenters. The van der Waals surface area contributed by atoms with Gasteiger partial charge in [-0.15, -0.1) is 0 Å². The molecule has 3 aliphatic rings. The Morgan fingerprint density at radius 1 is 1.28 bits per heavy atom. The third-order valence-electron chi connectivity index (χ3n) is 5.50. The summed E-state index contributed by atoms with van der Waals surface area (Å²) in [5.74, 6) is 1.27. The number of amidine groups is 1. The molecule has 0 aromatic heterocycles. The number of fused-ring (bicyclic) bond motifs is 1. The van der Waals surface area contributed by atoms with Gasteiger partial charge in [0.2, 0.25) is 0 Å². The highest BCUT2D eigenvalue weighted by atomic mass is 35.5. The van der Waals surface area contributed by atoms with Crippen LogP contribution >= 0.6 is 11.6 Å². The molecule has 4 rings (SSSR count). The van der Waals surface area contributed by atoms with Crippen molar-refractivity contribution < 1.29 is 22.3 Å². The highest BCUT2D eigenvalue weighted by molar-refractivity contribution is 7.90. The summed E-state index contributed by atoms with van der Waals surface area (Å²) in [4.78, 5) is 2.09. The molecule has 29 heavy (non-hydrogen) atoms. The number of hydrogen-bond acceptors (Lipinski definition) is 5. The topological polar surface area (TPSA) is 68.2 Å². The van der Waals surface area contributed by atoms with E-state index in [0.29, 0.717) is 30.3 Å². The zero-order valence-corrected chi connectivity index (χ0v) is 17.5. The van der Waals surface area contributed by atoms with Gasteiger partial charge in [0.15, 0.2) is 11.6 Å². The predicted octanol–water partition coefficient (Wildman–Crippen LogP) is 3.78. The van der Waals surface area contributed by atoms with Crippen LogP contribution in [-0.2, 0) is 10.0 Å². The molecule has 0 amide bonds. The molecule has 0 spiro atoms. The lowest BCUT2D eigenvalue weighted by Gasteiger charge is -2.40. The van der Waals surface area contributed by atoms with Crippen LogP contribution in [0.1, 0.15) is 19.3 Å². The average molecular weight is 441 g/mol. The van der Waals surface area contributed by atoms with E-state index in [-0.39, 0.29) is 28.4 Å². The SMILES string of the molecule is COc1cc(OC2=CCC([C@@H]3CCCN4CCS(=O)(=O)N=C34)C=C2)c(F)cc1Cl. The van der Waals surface area contributed by atoms with E-state index in [4.69, 9.17) is 21.1 Å². The Morgan fingerprint density at radius 3 is 2.83 bits per heavy atom. The molecule has 2 atom stereocenters. The van der Waals surface area contributed by atoms with Gasteiger partial charge in [-0.3, -0.25) is 0 Å². The summed E-state index contributed by atoms with van der Waals surface area (Å²) in [5.41, 5.74) is 0. The van der Waals surface area contributed by atoms with Gasteiger partial charge in [-0.05, 0) is 37.3 Å². The molecule has 1 saturated heterocycles. The van der Waals surface area contributed by atoms with Crippen LogP contribution in [-0.4, -0.2) is 45.1 Å². The molecule has 2 aliphatic heterocycles. The maximum atomic E-state index is 14.2. The van der Waals surface area contributed by atoms with E-state index in [1.165, 1.54) is 13.2 Å². The molecule has 1 aromatic carbocycles. The first kappa shape index (κ1) is 20.2. The maximum absolute atomic E-state index is 14.2. The Balaban J connectivity index is 1.49. The number of sulfonamides is 1. The molecule has 6 nitrogen and oxygen atoms in total. The molecule has 0 bridgehead atoms. The van der Waals surface area contributed by atoms with E-state index in [9.17, 15) is 12.8 Å². The van der Waals surface area contributed by atoms with Crippen molar-refractivity contribution in [3.63, 3.8) is 0 Å². The smallest absolute Gasteiger partial charge is 0.256 e. The minimum atomic E-state index is -3.37. The first-order valence-electron chi connectivity index (χ1n) is 9.53. The number of ether oxygens (including phenoxy) is 2. The quantitative estimate of drug-likeness (QED) is 0.712. The van der Waals surface area contributed by atoms with Gasteiger partial charge in [-0.1, -0.05) is 17.7 Å². The fourth-order valence-corrected chi connectivity index (χ4v) is 5.32. The predicted molar refractivity (Wildman–Crippen MR) is 109 cm³/mol. The van der Waals surface area contributed by atoms with Crippen LogP contribution in [0.3, 0.4) is 0 Å². The summed E-state index contributed by atoms with van der Waals surface area (Å²) < 4.78 is 53.0. The van der Waals surface area contributed by atoms with Crippen molar-refractivity contribution in [2.45, 2.75) is 19.3 Å². The summed E-state index contributed by atoms with van der Waals surface area (Å²) in [6, 6.07) is 2.57. The van der Waals surface area contributed by atoms with E-state index < -0.39 is 15.8 Å². The highest BCUT2D eigenvalue weighted by Gasteiger charge is 2.36. The molecule has 0 radical (unpaired) electrons. The highest BCUT2D eigenvalue weighted by Crippen LogP contribution is 2.36. The van der Waals surface area contributed by atoms with E-state index in [1.54, 1.807) is 6.08 Å². The molecule has 9 heteroatoms. The Hall–Kier alpha value is -2.06. The van der Waals surface area contributed by atoms with E-state index in [1.807, 2.05) is 12.2 Å². The van der Waals surface area contributed by atoms with Crippen molar-refractivity contribution in [2.24, 2.45) is 16.2 Å². The van der Waals surface area contributed by atoms with Gasteiger partial charge in [0.05, 0.1) is 17.9 Å². The van der Waals surface area contributed by atoms with Crippen LogP contribution in [0.15, 0.2) is 40.5 Å². The minimum Gasteiger partial charge on any atom is -0.495 e. The van der Waals surface area contributed by atoms with Crippen LogP contribution in [0.4, 0.5) is 4.39 Å². The van der Waals surface area contributed by atoms with Gasteiger partial charge in [0, 0.05) is 31.1 Å². The Bertz CT molecular complexity index is 1010. The Labute approximate surface area is 174 Å². The molecular formula is C20H22ClFN2O4S. The van der Waals surface area contributed by atoms with E-state index in [2.05, 4.69) is 9.30 Å². The van der Waals surface area contributed by atoms with Crippen LogP contribution in [0.25, 0.3) is 0 Å². The number of allylic oxidation sites excluding steroid dienone is 3. The third kappa shape index (κ3) is 4.28. The second kappa shape index (κ2) is 7.99. The molecule has 0 saturated carbocycles. The summed E-state index contributed by atoms with van der Waals surface area (Å²) >= 11 is 5.92. The number of rotatable bonds is 4. The second-order valence-corrected chi connectivity index (χ2v) is 9.52. The molecule has 0 N–H and O–H groups in total. The lowest BCUT2D eigenvalue weighted by atomic mass is 9.80. The van der Waals surface area contributed by atoms with Gasteiger partial charge in [0.1, 0.15) is 17.3 Å². The van der Waals surface area contributed by atoms with Crippen LogP contribution in [0, 0.1) is 17.7 Å². The van der Waals surface area contributed by atoms with Gasteiger partial charge >= 0.3 is 0 Å². The van der Waals surface area contributed by atoms with Crippen LogP contribution < -0.4 is 9.47 Å². The fourth-order valence-electron chi connectivity index (χ4n) is 4.01. The number of nitrogens with zero attached hydrogens (tertiary/aromatic N) is 2. The van der Waals surface area contributed by atoms with Crippen molar-refractivity contribution in [3.8, 4) is 11.5 Å². The van der Waals surface area contributed by atoms with Crippen molar-refractivity contribution in [3.05, 3.63) is 47.0 Å². The lowest BCUT2D eigenvalue weighted by Crippen LogP contribution is -2.48. The number of hydrogen-bond donors (Lipinski definition) is 0. The minimum absolute atomic E-state index is 0.0344. The molecule has 1 aromatic rings. The number of piperidine rings is 1. The monoisotopic (exact) mass is 440 g/mol. The summed E-state index contributed by atoms with van der Waals surface area (Å²) in [5, 5.41) is 0.177. The average Bonchev–Trinajstić information content (AvgIpc) is 2.69. The summed E-state index contributed by atoms with van der Waals surface area (Å²) in [6.45, 7) is 1.36. The first-order valence-corrected chi connectivity index (χ1v) is 11.5. The van der Waals surface area contributed by atoms with Crippen molar-refractivity contribution in [1.29, 1.82) is 0 Å².